The number of phenols is 1. The van der Waals surface area contributed by atoms with E-state index in [1.165, 1.54) is 6.07 Å². The molecule has 7 nitrogen and oxygen atoms in total. The highest BCUT2D eigenvalue weighted by Crippen LogP contribution is 2.26. The van der Waals surface area contributed by atoms with Gasteiger partial charge in [0.2, 0.25) is 5.88 Å². The van der Waals surface area contributed by atoms with Gasteiger partial charge in [-0.3, -0.25) is 9.59 Å². The first kappa shape index (κ1) is 20.9. The first-order chi connectivity index (χ1) is 15.0. The lowest BCUT2D eigenvalue weighted by Gasteiger charge is -2.35. The maximum atomic E-state index is 13.1. The molecule has 2 aromatic carbocycles. The summed E-state index contributed by atoms with van der Waals surface area (Å²) in [6.45, 7) is 1.51. The summed E-state index contributed by atoms with van der Waals surface area (Å²) in [7, 11) is 0. The van der Waals surface area contributed by atoms with Gasteiger partial charge in [-0.15, -0.1) is 0 Å². The van der Waals surface area contributed by atoms with Crippen molar-refractivity contribution in [3.63, 3.8) is 0 Å². The Morgan fingerprint density at radius 1 is 0.839 bits per heavy atom. The van der Waals surface area contributed by atoms with Crippen molar-refractivity contribution in [3.05, 3.63) is 82.5 Å². The van der Waals surface area contributed by atoms with E-state index in [2.05, 4.69) is 20.9 Å². The lowest BCUT2D eigenvalue weighted by molar-refractivity contribution is 0.0531. The minimum atomic E-state index is -0.245. The van der Waals surface area contributed by atoms with E-state index in [0.29, 0.717) is 37.5 Å². The first-order valence-corrected chi connectivity index (χ1v) is 10.6. The van der Waals surface area contributed by atoms with Crippen LogP contribution >= 0.6 is 15.9 Å². The van der Waals surface area contributed by atoms with E-state index in [1.807, 2.05) is 12.1 Å². The summed E-state index contributed by atoms with van der Waals surface area (Å²) < 4.78 is 6.76. The van der Waals surface area contributed by atoms with E-state index < -0.39 is 0 Å². The number of halogens is 1. The summed E-state index contributed by atoms with van der Waals surface area (Å²) in [4.78, 5) is 33.3. The molecule has 8 heteroatoms. The molecule has 1 aliphatic heterocycles. The maximum Gasteiger partial charge on any atom is 0.259 e. The number of hydrogen-bond donors (Lipinski definition) is 1. The normalized spacial score (nSPS) is 13.7. The van der Waals surface area contributed by atoms with Crippen molar-refractivity contribution in [1.82, 2.24) is 14.8 Å². The Labute approximate surface area is 188 Å². The molecule has 0 aliphatic carbocycles. The summed E-state index contributed by atoms with van der Waals surface area (Å²) in [5, 5.41) is 9.93. The summed E-state index contributed by atoms with van der Waals surface area (Å²) >= 11 is 3.38. The predicted octanol–water partition coefficient (Wildman–Crippen LogP) is 3.94. The van der Waals surface area contributed by atoms with E-state index in [9.17, 15) is 14.7 Å². The van der Waals surface area contributed by atoms with E-state index >= 15 is 0 Å². The van der Waals surface area contributed by atoms with Crippen molar-refractivity contribution < 1.29 is 19.4 Å². The van der Waals surface area contributed by atoms with Gasteiger partial charge in [0.25, 0.3) is 11.8 Å². The highest BCUT2D eigenvalue weighted by Gasteiger charge is 2.28. The summed E-state index contributed by atoms with van der Waals surface area (Å²) in [6, 6.07) is 17.1. The molecule has 0 bridgehead atoms. The Balaban J connectivity index is 1.44. The highest BCUT2D eigenvalue weighted by atomic mass is 79.9. The Kier molecular flexibility index (Phi) is 6.18. The van der Waals surface area contributed by atoms with E-state index in [0.717, 1.165) is 4.47 Å². The number of rotatable bonds is 4. The Morgan fingerprint density at radius 2 is 1.42 bits per heavy atom. The number of carbonyl (C=O) groups is 2. The van der Waals surface area contributed by atoms with Crippen LogP contribution in [0.3, 0.4) is 0 Å². The number of phenolic OH excluding ortho intramolecular Hbond substituents is 1. The molecule has 158 valence electrons. The molecule has 31 heavy (non-hydrogen) atoms. The number of ether oxygens (including phenoxy) is 1. The maximum absolute atomic E-state index is 13.1. The number of para-hydroxylation sites is 1. The van der Waals surface area contributed by atoms with Gasteiger partial charge in [0.1, 0.15) is 17.1 Å². The number of hydrogen-bond acceptors (Lipinski definition) is 5. The molecular formula is C23H20BrN3O4. The summed E-state index contributed by atoms with van der Waals surface area (Å²) in [5.74, 6) is 0.327. The van der Waals surface area contributed by atoms with Crippen LogP contribution in [0.2, 0.25) is 0 Å². The fraction of sp³-hybridized carbons (Fsp3) is 0.174. The zero-order chi connectivity index (χ0) is 21.8. The average Bonchev–Trinajstić information content (AvgIpc) is 2.80. The monoisotopic (exact) mass is 481 g/mol. The average molecular weight is 482 g/mol. The minimum absolute atomic E-state index is 0.0453. The second-order valence-electron chi connectivity index (χ2n) is 7.01. The second-order valence-corrected chi connectivity index (χ2v) is 7.93. The van der Waals surface area contributed by atoms with Crippen molar-refractivity contribution in [2.24, 2.45) is 0 Å². The summed E-state index contributed by atoms with van der Waals surface area (Å²) in [5.41, 5.74) is 0.630. The van der Waals surface area contributed by atoms with Gasteiger partial charge in [-0.25, -0.2) is 4.98 Å². The number of nitrogens with zero attached hydrogens (tertiary/aromatic N) is 3. The molecule has 1 saturated heterocycles. The van der Waals surface area contributed by atoms with Crippen LogP contribution in [0.25, 0.3) is 0 Å². The van der Waals surface area contributed by atoms with Gasteiger partial charge in [-0.1, -0.05) is 28.1 Å². The molecule has 2 amide bonds. The third-order valence-electron chi connectivity index (χ3n) is 5.02. The fourth-order valence-electron chi connectivity index (χ4n) is 3.36. The van der Waals surface area contributed by atoms with Crippen LogP contribution in [0, 0.1) is 0 Å². The van der Waals surface area contributed by atoms with Crippen molar-refractivity contribution in [3.8, 4) is 17.4 Å². The number of carbonyl (C=O) groups excluding carboxylic acids is 2. The van der Waals surface area contributed by atoms with Gasteiger partial charge < -0.3 is 19.6 Å². The molecular weight excluding hydrogens is 462 g/mol. The molecule has 4 rings (SSSR count). The van der Waals surface area contributed by atoms with Crippen LogP contribution in [0.1, 0.15) is 20.7 Å². The van der Waals surface area contributed by atoms with Crippen LogP contribution in [0.15, 0.2) is 71.3 Å². The van der Waals surface area contributed by atoms with Gasteiger partial charge in [0.15, 0.2) is 0 Å². The predicted molar refractivity (Wildman–Crippen MR) is 118 cm³/mol. The van der Waals surface area contributed by atoms with Crippen LogP contribution in [-0.4, -0.2) is 57.9 Å². The van der Waals surface area contributed by atoms with E-state index in [1.54, 1.807) is 58.5 Å². The van der Waals surface area contributed by atoms with Gasteiger partial charge in [-0.2, -0.15) is 0 Å². The molecule has 0 spiro atoms. The van der Waals surface area contributed by atoms with E-state index in [-0.39, 0.29) is 29.0 Å². The molecule has 2 heterocycles. The third-order valence-corrected chi connectivity index (χ3v) is 5.55. The zero-order valence-corrected chi connectivity index (χ0v) is 18.2. The van der Waals surface area contributed by atoms with Gasteiger partial charge in [0.05, 0.1) is 5.56 Å². The molecule has 1 N–H and O–H groups in total. The number of benzene rings is 2. The fourth-order valence-corrected chi connectivity index (χ4v) is 3.62. The smallest absolute Gasteiger partial charge is 0.259 e. The number of pyridine rings is 1. The molecule has 1 fully saturated rings. The number of aromatic nitrogens is 1. The van der Waals surface area contributed by atoms with Gasteiger partial charge >= 0.3 is 0 Å². The molecule has 0 saturated carbocycles. The highest BCUT2D eigenvalue weighted by molar-refractivity contribution is 9.10. The van der Waals surface area contributed by atoms with Crippen molar-refractivity contribution >= 4 is 27.7 Å². The second kappa shape index (κ2) is 9.18. The van der Waals surface area contributed by atoms with Crippen molar-refractivity contribution in [2.45, 2.75) is 0 Å². The molecule has 3 aromatic rings. The Morgan fingerprint density at radius 3 is 2.06 bits per heavy atom. The standard InChI is InChI=1S/C23H20BrN3O4/c24-16-7-9-17(10-8-16)31-21-19(5-3-11-25-21)23(30)27-14-12-26(13-15-27)22(29)18-4-1-2-6-20(18)28/h1-11,28H,12-15H2. The SMILES string of the molecule is O=C(c1ccccc1O)N1CCN(C(=O)c2cccnc2Oc2ccc(Br)cc2)CC1. The van der Waals surface area contributed by atoms with Gasteiger partial charge in [0, 0.05) is 36.8 Å². The lowest BCUT2D eigenvalue weighted by atomic mass is 10.1. The molecule has 0 unspecified atom stereocenters. The minimum Gasteiger partial charge on any atom is -0.507 e. The van der Waals surface area contributed by atoms with Crippen LogP contribution in [0.4, 0.5) is 0 Å². The third kappa shape index (κ3) is 4.69. The summed E-state index contributed by atoms with van der Waals surface area (Å²) in [6.07, 6.45) is 1.58. The lowest BCUT2D eigenvalue weighted by Crippen LogP contribution is -2.50. The number of amides is 2. The number of piperazine rings is 1. The largest absolute Gasteiger partial charge is 0.507 e. The molecule has 1 aliphatic rings. The van der Waals surface area contributed by atoms with Crippen LogP contribution in [0.5, 0.6) is 17.4 Å². The van der Waals surface area contributed by atoms with Gasteiger partial charge in [-0.05, 0) is 48.5 Å². The molecule has 0 atom stereocenters. The Bertz CT molecular complexity index is 1100. The topological polar surface area (TPSA) is 83.0 Å². The zero-order valence-electron chi connectivity index (χ0n) is 16.6. The first-order valence-electron chi connectivity index (χ1n) is 9.78. The molecule has 0 radical (unpaired) electrons. The quantitative estimate of drug-likeness (QED) is 0.609. The van der Waals surface area contributed by atoms with Crippen LogP contribution in [-0.2, 0) is 0 Å². The number of aromatic hydroxyl groups is 1. The molecule has 1 aromatic heterocycles. The van der Waals surface area contributed by atoms with Crippen molar-refractivity contribution in [1.29, 1.82) is 0 Å². The van der Waals surface area contributed by atoms with E-state index in [4.69, 9.17) is 4.74 Å². The van der Waals surface area contributed by atoms with Crippen LogP contribution < -0.4 is 4.74 Å². The van der Waals surface area contributed by atoms with Crippen molar-refractivity contribution in [2.75, 3.05) is 26.2 Å². The Hall–Kier alpha value is -3.39.